The molecule has 0 aliphatic carbocycles. The van der Waals surface area contributed by atoms with Crippen LogP contribution in [0.4, 0.5) is 9.59 Å². The second-order valence-electron chi connectivity index (χ2n) is 1.94. The van der Waals surface area contributed by atoms with Gasteiger partial charge in [-0.05, 0) is 13.8 Å². The van der Waals surface area contributed by atoms with Crippen molar-refractivity contribution in [2.45, 2.75) is 13.8 Å². The van der Waals surface area contributed by atoms with E-state index in [0.29, 0.717) is 15.4 Å². The number of carboxylic acids is 2. The van der Waals surface area contributed by atoms with E-state index in [4.69, 9.17) is 19.8 Å². The molecule has 12 heteroatoms. The summed E-state index contributed by atoms with van der Waals surface area (Å²) in [5, 5.41) is 17.8. The number of aliphatic carboxylic acids is 2. The van der Waals surface area contributed by atoms with E-state index in [1.165, 1.54) is 0 Å². The zero-order valence-electron chi connectivity index (χ0n) is 9.21. The summed E-state index contributed by atoms with van der Waals surface area (Å²) in [6.45, 7) is 1.94. The Kier molecular flexibility index (Phi) is 25.2. The van der Waals surface area contributed by atoms with Crippen LogP contribution < -0.4 is 30.3 Å². The zero-order valence-corrected chi connectivity index (χ0v) is 11.1. The van der Waals surface area contributed by atoms with Crippen molar-refractivity contribution in [3.63, 3.8) is 0 Å². The summed E-state index contributed by atoms with van der Waals surface area (Å²) in [6.07, 6.45) is 0. The Morgan fingerprint density at radius 1 is 0.889 bits per heavy atom. The topological polar surface area (TPSA) is 190 Å². The van der Waals surface area contributed by atoms with Gasteiger partial charge < -0.3 is 19.8 Å². The number of nitrogens with two attached hydrogens (primary N) is 2. The molecule has 0 saturated heterocycles. The molecular formula is C6H12Cu2N4O6. The van der Waals surface area contributed by atoms with Crippen molar-refractivity contribution in [3.05, 3.63) is 0 Å². The van der Waals surface area contributed by atoms with Crippen LogP contribution in [0.1, 0.15) is 13.8 Å². The Labute approximate surface area is 120 Å². The third kappa shape index (κ3) is 130. The predicted molar refractivity (Wildman–Crippen MR) is 46.8 cm³/mol. The molecule has 114 valence electrons. The van der Waals surface area contributed by atoms with Crippen LogP contribution in [0.5, 0.6) is 0 Å². The third-order valence-corrected chi connectivity index (χ3v) is 0.923. The van der Waals surface area contributed by atoms with Crippen molar-refractivity contribution in [2.24, 2.45) is 11.5 Å². The summed E-state index contributed by atoms with van der Waals surface area (Å²) < 4.78 is 4.02. The van der Waals surface area contributed by atoms with Crippen LogP contribution in [0.25, 0.3) is 0 Å². The maximum absolute atomic E-state index is 9.88. The summed E-state index contributed by atoms with van der Waals surface area (Å²) in [4.78, 5) is 37.5. The van der Waals surface area contributed by atoms with E-state index >= 15 is 0 Å². The second kappa shape index (κ2) is 17.9. The van der Waals surface area contributed by atoms with Crippen molar-refractivity contribution in [2.75, 3.05) is 0 Å². The average molecular weight is 363 g/mol. The van der Waals surface area contributed by atoms with E-state index in [-0.39, 0.29) is 17.1 Å². The van der Waals surface area contributed by atoms with Gasteiger partial charge in [0.15, 0.2) is 0 Å². The molecule has 0 aromatic rings. The number of carbonyl (C=O) groups is 4. The van der Waals surface area contributed by atoms with Gasteiger partial charge in [0.2, 0.25) is 0 Å². The molecule has 0 rings (SSSR count). The fourth-order valence-electron chi connectivity index (χ4n) is 0.0931. The van der Waals surface area contributed by atoms with Crippen molar-refractivity contribution >= 4 is 24.0 Å². The maximum Gasteiger partial charge on any atom is 2.00 e. The molecule has 0 bridgehead atoms. The number of carbonyl (C=O) groups excluding carboxylic acids is 4. The molecule has 0 saturated carbocycles. The first kappa shape index (κ1) is 25.4. The number of primary amides is 2. The van der Waals surface area contributed by atoms with Crippen LogP contribution in [0.15, 0.2) is 0 Å². The summed E-state index contributed by atoms with van der Waals surface area (Å²) in [6, 6.07) is -1.49. The second-order valence-corrected chi connectivity index (χ2v) is 2.64. The first-order valence-corrected chi connectivity index (χ1v) is 4.55. The minimum absolute atomic E-state index is 0. The fourth-order valence-corrected chi connectivity index (χ4v) is 0.384. The molecule has 0 atom stereocenters. The van der Waals surface area contributed by atoms with E-state index in [2.05, 4.69) is 11.5 Å². The number of urea groups is 2. The van der Waals surface area contributed by atoms with Crippen LogP contribution in [-0.4, -0.2) is 24.0 Å². The molecule has 0 heterocycles. The molecule has 0 aromatic heterocycles. The summed E-state index contributed by atoms with van der Waals surface area (Å²) in [5.41, 5.74) is 9.23. The molecule has 1 radical (unpaired) electrons. The van der Waals surface area contributed by atoms with Crippen molar-refractivity contribution < 1.29 is 61.9 Å². The van der Waals surface area contributed by atoms with Crippen molar-refractivity contribution in [1.29, 1.82) is 0 Å². The number of amides is 4. The monoisotopic (exact) mass is 362 g/mol. The minimum atomic E-state index is -1.08. The van der Waals surface area contributed by atoms with Gasteiger partial charge in [0.25, 0.3) is 0 Å². The van der Waals surface area contributed by atoms with Gasteiger partial charge in [0.05, 0.1) is 0 Å². The molecule has 0 aliphatic rings. The first-order valence-electron chi connectivity index (χ1n) is 3.60. The van der Waals surface area contributed by atoms with E-state index < -0.39 is 24.0 Å². The van der Waals surface area contributed by atoms with Crippen LogP contribution in [-0.2, 0) is 42.1 Å². The average Bonchev–Trinajstić information content (AvgIpc) is 1.99. The molecule has 4 amide bonds. The van der Waals surface area contributed by atoms with Gasteiger partial charge >= 0.3 is 74.2 Å². The fraction of sp³-hybridized carbons (Fsp3) is 0.333. The summed E-state index contributed by atoms with van der Waals surface area (Å²) in [7, 11) is 0. The van der Waals surface area contributed by atoms with Gasteiger partial charge in [-0.2, -0.15) is 0 Å². The zero-order chi connectivity index (χ0) is 14.4. The largest absolute Gasteiger partial charge is 2.00 e. The normalized spacial score (nSPS) is 7.00. The SMILES string of the molecule is CC(=O)[O-].CC(=O)[O-].NC(=O)[NH][Cu][NH]C(N)=O.[Cu+2]. The Hall–Kier alpha value is -1.48. The smallest absolute Gasteiger partial charge is 2.00 e. The molecule has 0 spiro atoms. The summed E-state index contributed by atoms with van der Waals surface area (Å²) in [5.74, 6) is -2.17. The van der Waals surface area contributed by atoms with Gasteiger partial charge in [0, 0.05) is 11.9 Å². The number of hydrogen-bond donors (Lipinski definition) is 4. The Morgan fingerprint density at radius 2 is 1.06 bits per heavy atom. The molecule has 10 nitrogen and oxygen atoms in total. The van der Waals surface area contributed by atoms with Gasteiger partial charge in [-0.15, -0.1) is 0 Å². The van der Waals surface area contributed by atoms with Crippen LogP contribution in [0.2, 0.25) is 0 Å². The number of nitrogens with one attached hydrogen (secondary N) is 2. The predicted octanol–water partition coefficient (Wildman–Crippen LogP) is -4.25. The van der Waals surface area contributed by atoms with Gasteiger partial charge in [-0.1, -0.05) is 0 Å². The summed E-state index contributed by atoms with van der Waals surface area (Å²) >= 11 is 0.703. The maximum atomic E-state index is 9.88. The standard InChI is InChI=1S/2C2H4O2.2CH4N2O.2Cu/c2*1-2(3)4;2*2-1(3)4;;/h2*1H3,(H,3,4);2*(H4,2,3,4);;/q;;;;2*+2/p-4. The van der Waals surface area contributed by atoms with Gasteiger partial charge in [0.1, 0.15) is 0 Å². The minimum Gasteiger partial charge on any atom is 2.00 e. The molecular weight excluding hydrogens is 351 g/mol. The molecule has 0 unspecified atom stereocenters. The van der Waals surface area contributed by atoms with Crippen molar-refractivity contribution in [3.8, 4) is 0 Å². The number of rotatable bonds is 2. The Morgan fingerprint density at radius 3 is 1.17 bits per heavy atom. The molecule has 0 aromatic carbocycles. The third-order valence-electron chi connectivity index (χ3n) is 0.224. The van der Waals surface area contributed by atoms with Gasteiger partial charge in [-0.3, -0.25) is 0 Å². The van der Waals surface area contributed by atoms with E-state index in [1.807, 2.05) is 8.67 Å². The van der Waals surface area contributed by atoms with E-state index in [0.717, 1.165) is 13.8 Å². The number of hydrogen-bond acceptors (Lipinski definition) is 6. The van der Waals surface area contributed by atoms with Gasteiger partial charge in [-0.25, -0.2) is 0 Å². The molecule has 0 fully saturated rings. The Bertz CT molecular complexity index is 241. The number of carboxylic acid groups (broad SMARTS) is 2. The van der Waals surface area contributed by atoms with E-state index in [1.54, 1.807) is 0 Å². The van der Waals surface area contributed by atoms with Crippen LogP contribution in [0.3, 0.4) is 0 Å². The van der Waals surface area contributed by atoms with Crippen molar-refractivity contribution in [1.82, 2.24) is 8.67 Å². The van der Waals surface area contributed by atoms with E-state index in [9.17, 15) is 9.59 Å². The molecule has 18 heavy (non-hydrogen) atoms. The van der Waals surface area contributed by atoms with Crippen LogP contribution >= 0.6 is 0 Å². The Balaban J connectivity index is -0.0000000922. The molecule has 0 aliphatic heterocycles. The quantitative estimate of drug-likeness (QED) is 0.359. The first-order chi connectivity index (χ1) is 7.59. The van der Waals surface area contributed by atoms with Crippen LogP contribution in [0, 0.1) is 0 Å². The molecule has 6 N–H and O–H groups in total.